The number of nitrogens with zero attached hydrogens (tertiary/aromatic N) is 3. The molecule has 4 heterocycles. The lowest BCUT2D eigenvalue weighted by atomic mass is 9.82. The van der Waals surface area contributed by atoms with Crippen LogP contribution in [0, 0.1) is 5.92 Å². The number of pyridine rings is 1. The van der Waals surface area contributed by atoms with E-state index in [4.69, 9.17) is 14.2 Å². The number of anilines is 1. The number of ether oxygens (including phenoxy) is 3. The Morgan fingerprint density at radius 1 is 1.19 bits per heavy atom. The summed E-state index contributed by atoms with van der Waals surface area (Å²) >= 11 is 0. The maximum atomic E-state index is 14.0. The Labute approximate surface area is 247 Å². The number of hydrogen-bond acceptors (Lipinski definition) is 7. The number of amides is 1. The zero-order chi connectivity index (χ0) is 29.6. The van der Waals surface area contributed by atoms with Gasteiger partial charge in [0.1, 0.15) is 12.7 Å². The highest BCUT2D eigenvalue weighted by Gasteiger charge is 2.47. The van der Waals surface area contributed by atoms with E-state index >= 15 is 0 Å². The van der Waals surface area contributed by atoms with Crippen LogP contribution in [0.5, 0.6) is 11.5 Å². The maximum absolute atomic E-state index is 14.0. The van der Waals surface area contributed by atoms with Crippen molar-refractivity contribution in [2.45, 2.75) is 76.5 Å². The van der Waals surface area contributed by atoms with E-state index in [1.54, 1.807) is 0 Å². The Hall–Kier alpha value is -3.21. The number of carboxylic acids is 1. The van der Waals surface area contributed by atoms with Gasteiger partial charge in [-0.3, -0.25) is 14.5 Å². The molecule has 228 valence electrons. The second kappa shape index (κ2) is 13.8. The topological polar surface area (TPSA) is 113 Å². The van der Waals surface area contributed by atoms with Gasteiger partial charge < -0.3 is 29.3 Å². The Morgan fingerprint density at radius 3 is 2.76 bits per heavy atom. The Bertz CT molecular complexity index is 1250. The van der Waals surface area contributed by atoms with Crippen molar-refractivity contribution in [3.05, 3.63) is 47.8 Å². The van der Waals surface area contributed by atoms with Gasteiger partial charge in [0.15, 0.2) is 23.9 Å². The second-order valence-corrected chi connectivity index (χ2v) is 11.7. The van der Waals surface area contributed by atoms with Gasteiger partial charge in [0.2, 0.25) is 12.7 Å². The first-order valence-electron chi connectivity index (χ1n) is 15.3. The monoisotopic (exact) mass is 582 g/mol. The lowest BCUT2D eigenvalue weighted by molar-refractivity contribution is -0.670. The predicted molar refractivity (Wildman–Crippen MR) is 155 cm³/mol. The molecule has 5 rings (SSSR count). The summed E-state index contributed by atoms with van der Waals surface area (Å²) in [4.78, 5) is 30.8. The molecule has 10 heteroatoms. The molecule has 0 saturated carbocycles. The van der Waals surface area contributed by atoms with Crippen LogP contribution in [0.4, 0.5) is 5.69 Å². The SMILES string of the molecule is CCCCN(C(=O)CN1C[C@H](c2cc(CO)c3c(c2)OCO3)[C@@H](C(=O)O)[C@@H]1CCC1CCCCO1)c1ccc[n+](C)c1. The highest BCUT2D eigenvalue weighted by molar-refractivity contribution is 5.94. The first-order valence-corrected chi connectivity index (χ1v) is 15.3. The molecule has 1 unspecified atom stereocenters. The molecule has 1 aromatic heterocycles. The van der Waals surface area contributed by atoms with E-state index in [2.05, 4.69) is 11.8 Å². The van der Waals surface area contributed by atoms with Gasteiger partial charge in [-0.1, -0.05) is 13.3 Å². The summed E-state index contributed by atoms with van der Waals surface area (Å²) in [5.41, 5.74) is 2.19. The number of aliphatic hydroxyl groups is 1. The second-order valence-electron chi connectivity index (χ2n) is 11.7. The molecule has 42 heavy (non-hydrogen) atoms. The van der Waals surface area contributed by atoms with Crippen molar-refractivity contribution in [3.63, 3.8) is 0 Å². The third kappa shape index (κ3) is 6.71. The highest BCUT2D eigenvalue weighted by Crippen LogP contribution is 2.45. The van der Waals surface area contributed by atoms with Gasteiger partial charge in [0.05, 0.1) is 25.2 Å². The molecule has 2 N–H and O–H groups in total. The third-order valence-electron chi connectivity index (χ3n) is 8.87. The Morgan fingerprint density at radius 2 is 2.05 bits per heavy atom. The number of rotatable bonds is 12. The van der Waals surface area contributed by atoms with E-state index in [0.29, 0.717) is 36.6 Å². The fourth-order valence-corrected chi connectivity index (χ4v) is 6.72. The van der Waals surface area contributed by atoms with Gasteiger partial charge in [-0.25, -0.2) is 4.57 Å². The van der Waals surface area contributed by atoms with E-state index < -0.39 is 11.9 Å². The van der Waals surface area contributed by atoms with E-state index in [1.165, 1.54) is 0 Å². The van der Waals surface area contributed by atoms with Gasteiger partial charge in [0.25, 0.3) is 0 Å². The van der Waals surface area contributed by atoms with Gasteiger partial charge in [-0.15, -0.1) is 0 Å². The number of hydrogen-bond donors (Lipinski definition) is 2. The average molecular weight is 583 g/mol. The summed E-state index contributed by atoms with van der Waals surface area (Å²) in [6.07, 6.45) is 10.3. The molecule has 4 atom stereocenters. The van der Waals surface area contributed by atoms with Gasteiger partial charge in [-0.2, -0.15) is 0 Å². The standard InChI is InChI=1S/C32H43N3O7/c1-3-4-13-35(24-8-7-12-33(2)17-24)29(37)19-34-18-26(22-15-23(20-36)31-28(16-22)41-21-42-31)30(32(38)39)27(34)11-10-25-9-5-6-14-40-25/h7-8,12,15-17,25-27,30,36H,3-6,9-11,13-14,18-21H2,1-2H3/p+1/t25?,26-,27+,30-/m1/s1. The molecular formula is C32H44N3O7+. The van der Waals surface area contributed by atoms with Crippen molar-refractivity contribution >= 4 is 17.6 Å². The van der Waals surface area contributed by atoms with Crippen LogP contribution in [-0.2, 0) is 28.0 Å². The van der Waals surface area contributed by atoms with E-state index in [0.717, 1.165) is 56.4 Å². The van der Waals surface area contributed by atoms with Crippen LogP contribution in [-0.4, -0.2) is 72.2 Å². The number of carbonyl (C=O) groups excluding carboxylic acids is 1. The van der Waals surface area contributed by atoms with Gasteiger partial charge in [-0.05, 0) is 62.3 Å². The van der Waals surface area contributed by atoms with Crippen LogP contribution >= 0.6 is 0 Å². The molecular weight excluding hydrogens is 538 g/mol. The summed E-state index contributed by atoms with van der Waals surface area (Å²) < 4.78 is 19.1. The number of benzene rings is 1. The fourth-order valence-electron chi connectivity index (χ4n) is 6.72. The van der Waals surface area contributed by atoms with Crippen LogP contribution in [0.15, 0.2) is 36.7 Å². The van der Waals surface area contributed by atoms with E-state index in [9.17, 15) is 19.8 Å². The lowest BCUT2D eigenvalue weighted by Gasteiger charge is -2.31. The number of fused-ring (bicyclic) bond motifs is 1. The van der Waals surface area contributed by atoms with Crippen molar-refractivity contribution in [1.29, 1.82) is 0 Å². The summed E-state index contributed by atoms with van der Waals surface area (Å²) in [6.45, 7) is 3.80. The number of aliphatic hydroxyl groups excluding tert-OH is 1. The van der Waals surface area contributed by atoms with Crippen molar-refractivity contribution < 1.29 is 38.6 Å². The van der Waals surface area contributed by atoms with Crippen LogP contribution in [0.1, 0.15) is 68.9 Å². The fraction of sp³-hybridized carbons (Fsp3) is 0.594. The average Bonchev–Trinajstić information content (AvgIpc) is 3.61. The zero-order valence-corrected chi connectivity index (χ0v) is 24.7. The van der Waals surface area contributed by atoms with Gasteiger partial charge >= 0.3 is 5.97 Å². The lowest BCUT2D eigenvalue weighted by Crippen LogP contribution is -2.45. The van der Waals surface area contributed by atoms with Gasteiger partial charge in [0, 0.05) is 43.3 Å². The molecule has 0 aliphatic carbocycles. The smallest absolute Gasteiger partial charge is 0.308 e. The summed E-state index contributed by atoms with van der Waals surface area (Å²) in [6, 6.07) is 7.20. The minimum Gasteiger partial charge on any atom is -0.481 e. The van der Waals surface area contributed by atoms with Crippen LogP contribution in [0.25, 0.3) is 0 Å². The van der Waals surface area contributed by atoms with Crippen molar-refractivity contribution in [1.82, 2.24) is 4.90 Å². The van der Waals surface area contributed by atoms with Crippen LogP contribution in [0.2, 0.25) is 0 Å². The molecule has 1 aromatic carbocycles. The van der Waals surface area contributed by atoms with Crippen molar-refractivity contribution in [2.24, 2.45) is 13.0 Å². The number of carboxylic acid groups (broad SMARTS) is 1. The van der Waals surface area contributed by atoms with Crippen molar-refractivity contribution in [3.8, 4) is 11.5 Å². The summed E-state index contributed by atoms with van der Waals surface area (Å²) in [5.74, 6) is -1.01. The molecule has 0 radical (unpaired) electrons. The minimum absolute atomic E-state index is 0.0416. The van der Waals surface area contributed by atoms with E-state index in [1.807, 2.05) is 53.2 Å². The Balaban J connectivity index is 1.45. The number of aryl methyl sites for hydroxylation is 1. The molecule has 3 aliphatic heterocycles. The molecule has 2 fully saturated rings. The zero-order valence-electron chi connectivity index (χ0n) is 24.7. The number of aliphatic carboxylic acids is 1. The first kappa shape index (κ1) is 30.3. The van der Waals surface area contributed by atoms with E-state index in [-0.39, 0.29) is 43.9 Å². The number of likely N-dealkylation sites (tertiary alicyclic amines) is 1. The quantitative estimate of drug-likeness (QED) is 0.367. The highest BCUT2D eigenvalue weighted by atomic mass is 16.7. The molecule has 0 bridgehead atoms. The summed E-state index contributed by atoms with van der Waals surface area (Å²) in [5, 5.41) is 20.6. The minimum atomic E-state index is -0.884. The molecule has 2 saturated heterocycles. The normalized spacial score (nSPS) is 23.7. The van der Waals surface area contributed by atoms with Crippen LogP contribution < -0.4 is 18.9 Å². The molecule has 2 aromatic rings. The van der Waals surface area contributed by atoms with Crippen molar-refractivity contribution in [2.75, 3.05) is 37.9 Å². The molecule has 3 aliphatic rings. The molecule has 0 spiro atoms. The molecule has 10 nitrogen and oxygen atoms in total. The van der Waals surface area contributed by atoms with Crippen LogP contribution in [0.3, 0.4) is 0 Å². The summed E-state index contributed by atoms with van der Waals surface area (Å²) in [7, 11) is 1.93. The largest absolute Gasteiger partial charge is 0.481 e. The Kier molecular flexibility index (Phi) is 9.97. The maximum Gasteiger partial charge on any atom is 0.308 e. The molecule has 1 amide bonds. The number of unbranched alkanes of at least 4 members (excludes halogenated alkanes) is 1. The predicted octanol–water partition coefficient (Wildman–Crippen LogP) is 3.38. The first-order chi connectivity index (χ1) is 20.4. The third-order valence-corrected chi connectivity index (χ3v) is 8.87. The number of aromatic nitrogens is 1. The number of carbonyl (C=O) groups is 2.